The minimum absolute atomic E-state index is 0.0665. The Balaban J connectivity index is 2.04. The molecule has 2 N–H and O–H groups in total. The van der Waals surface area contributed by atoms with Crippen molar-refractivity contribution in [1.29, 1.82) is 0 Å². The molecule has 1 amide bonds. The van der Waals surface area contributed by atoms with Gasteiger partial charge in [-0.2, -0.15) is 13.2 Å². The molecular formula is C20H23F3N2O4. The molecule has 0 aliphatic heterocycles. The Morgan fingerprint density at radius 3 is 2.45 bits per heavy atom. The fourth-order valence-corrected chi connectivity index (χ4v) is 2.45. The molecule has 1 atom stereocenters. The lowest BCUT2D eigenvalue weighted by molar-refractivity contribution is -0.137. The second-order valence-electron chi connectivity index (χ2n) is 6.14. The van der Waals surface area contributed by atoms with Crippen LogP contribution in [0.2, 0.25) is 0 Å². The Kier molecular flexibility index (Phi) is 7.72. The first-order chi connectivity index (χ1) is 13.7. The molecule has 0 spiro atoms. The van der Waals surface area contributed by atoms with Gasteiger partial charge in [-0.15, -0.1) is 0 Å². The van der Waals surface area contributed by atoms with E-state index in [9.17, 15) is 18.0 Å². The fraction of sp³-hybridized carbons (Fsp3) is 0.350. The van der Waals surface area contributed by atoms with Gasteiger partial charge in [-0.25, -0.2) is 0 Å². The van der Waals surface area contributed by atoms with Crippen LogP contribution < -0.4 is 20.1 Å². The second kappa shape index (κ2) is 10.0. The summed E-state index contributed by atoms with van der Waals surface area (Å²) < 4.78 is 54.2. The fourth-order valence-electron chi connectivity index (χ4n) is 2.45. The zero-order valence-electron chi connectivity index (χ0n) is 16.3. The van der Waals surface area contributed by atoms with Crippen LogP contribution in [0.5, 0.6) is 11.5 Å². The molecule has 0 aliphatic rings. The Bertz CT molecular complexity index is 828. The molecule has 0 saturated carbocycles. The third kappa shape index (κ3) is 6.56. The van der Waals surface area contributed by atoms with Crippen molar-refractivity contribution in [2.24, 2.45) is 0 Å². The van der Waals surface area contributed by atoms with Crippen LogP contribution in [-0.4, -0.2) is 39.4 Å². The average Bonchev–Trinajstić information content (AvgIpc) is 2.68. The van der Waals surface area contributed by atoms with Crippen molar-refractivity contribution in [3.8, 4) is 11.5 Å². The minimum Gasteiger partial charge on any atom is -0.493 e. The van der Waals surface area contributed by atoms with E-state index in [2.05, 4.69) is 10.6 Å². The van der Waals surface area contributed by atoms with Crippen molar-refractivity contribution in [1.82, 2.24) is 0 Å². The van der Waals surface area contributed by atoms with Crippen LogP contribution in [0, 0.1) is 0 Å². The van der Waals surface area contributed by atoms with Crippen molar-refractivity contribution in [3.05, 3.63) is 48.0 Å². The lowest BCUT2D eigenvalue weighted by atomic mass is 10.2. The number of amides is 1. The Morgan fingerprint density at radius 2 is 1.79 bits per heavy atom. The number of ether oxygens (including phenoxy) is 3. The molecule has 2 aromatic carbocycles. The van der Waals surface area contributed by atoms with Gasteiger partial charge in [0.1, 0.15) is 12.6 Å². The third-order valence-corrected chi connectivity index (χ3v) is 3.94. The van der Waals surface area contributed by atoms with Crippen LogP contribution in [0.3, 0.4) is 0 Å². The first-order valence-electron chi connectivity index (χ1n) is 8.79. The standard InChI is InChI=1S/C20H23F3N2O4/c1-13(19(26)25-15-6-4-5-14(11-15)20(21,22)23)24-16-7-8-17(28-3)18(12-16)29-10-9-27-2/h4-8,11-13,24H,9-10H2,1-3H3,(H,25,26). The molecule has 0 heterocycles. The van der Waals surface area contributed by atoms with Crippen LogP contribution in [0.1, 0.15) is 12.5 Å². The van der Waals surface area contributed by atoms with Crippen molar-refractivity contribution in [2.75, 3.05) is 38.1 Å². The van der Waals surface area contributed by atoms with Crippen molar-refractivity contribution >= 4 is 17.3 Å². The molecule has 2 rings (SSSR count). The van der Waals surface area contributed by atoms with Gasteiger partial charge in [0.25, 0.3) is 0 Å². The van der Waals surface area contributed by atoms with E-state index in [-0.39, 0.29) is 5.69 Å². The lowest BCUT2D eigenvalue weighted by Crippen LogP contribution is -2.32. The molecule has 9 heteroatoms. The Morgan fingerprint density at radius 1 is 1.03 bits per heavy atom. The summed E-state index contributed by atoms with van der Waals surface area (Å²) in [6, 6.07) is 8.81. The zero-order chi connectivity index (χ0) is 21.4. The van der Waals surface area contributed by atoms with Gasteiger partial charge in [0.15, 0.2) is 11.5 Å². The van der Waals surface area contributed by atoms with Crippen molar-refractivity contribution in [3.63, 3.8) is 0 Å². The number of halogens is 3. The number of methoxy groups -OCH3 is 2. The summed E-state index contributed by atoms with van der Waals surface area (Å²) in [6.07, 6.45) is -4.48. The molecule has 0 radical (unpaired) electrons. The summed E-state index contributed by atoms with van der Waals surface area (Å²) in [5.41, 5.74) is -0.175. The smallest absolute Gasteiger partial charge is 0.416 e. The lowest BCUT2D eigenvalue weighted by Gasteiger charge is -2.18. The van der Waals surface area contributed by atoms with Crippen molar-refractivity contribution in [2.45, 2.75) is 19.1 Å². The van der Waals surface area contributed by atoms with E-state index in [0.29, 0.717) is 30.4 Å². The minimum atomic E-state index is -4.48. The summed E-state index contributed by atoms with van der Waals surface area (Å²) in [5.74, 6) is 0.509. The summed E-state index contributed by atoms with van der Waals surface area (Å²) in [6.45, 7) is 2.32. The summed E-state index contributed by atoms with van der Waals surface area (Å²) in [5, 5.41) is 5.47. The van der Waals surface area contributed by atoms with Gasteiger partial charge in [0.2, 0.25) is 5.91 Å². The maximum absolute atomic E-state index is 12.8. The highest BCUT2D eigenvalue weighted by Crippen LogP contribution is 2.31. The number of hydrogen-bond acceptors (Lipinski definition) is 5. The highest BCUT2D eigenvalue weighted by atomic mass is 19.4. The number of carbonyl (C=O) groups excluding carboxylic acids is 1. The first kappa shape index (κ1) is 22.4. The molecule has 0 fully saturated rings. The van der Waals surface area contributed by atoms with E-state index in [4.69, 9.17) is 14.2 Å². The normalized spacial score (nSPS) is 12.2. The van der Waals surface area contributed by atoms with E-state index < -0.39 is 23.7 Å². The monoisotopic (exact) mass is 412 g/mol. The second-order valence-corrected chi connectivity index (χ2v) is 6.14. The van der Waals surface area contributed by atoms with Gasteiger partial charge in [-0.05, 0) is 37.3 Å². The molecule has 2 aromatic rings. The maximum atomic E-state index is 12.8. The average molecular weight is 412 g/mol. The van der Waals surface area contributed by atoms with Gasteiger partial charge < -0.3 is 24.8 Å². The predicted octanol–water partition coefficient (Wildman–Crippen LogP) is 4.18. The topological polar surface area (TPSA) is 68.8 Å². The Labute approximate surface area is 167 Å². The van der Waals surface area contributed by atoms with Crippen molar-refractivity contribution < 1.29 is 32.2 Å². The SMILES string of the molecule is COCCOc1cc(NC(C)C(=O)Nc2cccc(C(F)(F)F)c2)ccc1OC. The number of rotatable bonds is 9. The van der Waals surface area contributed by atoms with Crippen LogP contribution in [0.15, 0.2) is 42.5 Å². The van der Waals surface area contributed by atoms with Gasteiger partial charge in [0, 0.05) is 24.6 Å². The molecular weight excluding hydrogens is 389 g/mol. The van der Waals surface area contributed by atoms with Crippen LogP contribution in [0.4, 0.5) is 24.5 Å². The largest absolute Gasteiger partial charge is 0.493 e. The van der Waals surface area contributed by atoms with Gasteiger partial charge in [-0.3, -0.25) is 4.79 Å². The number of anilines is 2. The van der Waals surface area contributed by atoms with E-state index in [1.165, 1.54) is 19.2 Å². The number of hydrogen-bond donors (Lipinski definition) is 2. The molecule has 0 aliphatic carbocycles. The predicted molar refractivity (Wildman–Crippen MR) is 104 cm³/mol. The summed E-state index contributed by atoms with van der Waals surface area (Å²) in [7, 11) is 3.07. The molecule has 0 bridgehead atoms. The molecule has 1 unspecified atom stereocenters. The number of benzene rings is 2. The molecule has 158 valence electrons. The molecule has 0 saturated heterocycles. The molecule has 6 nitrogen and oxygen atoms in total. The van der Waals surface area contributed by atoms with Crippen LogP contribution in [-0.2, 0) is 15.7 Å². The van der Waals surface area contributed by atoms with E-state index in [1.54, 1.807) is 32.2 Å². The highest BCUT2D eigenvalue weighted by Gasteiger charge is 2.30. The summed E-state index contributed by atoms with van der Waals surface area (Å²) >= 11 is 0. The first-order valence-corrected chi connectivity index (χ1v) is 8.79. The maximum Gasteiger partial charge on any atom is 0.416 e. The summed E-state index contributed by atoms with van der Waals surface area (Å²) in [4.78, 5) is 12.4. The van der Waals surface area contributed by atoms with E-state index in [0.717, 1.165) is 12.1 Å². The highest BCUT2D eigenvalue weighted by molar-refractivity contribution is 5.96. The number of nitrogens with one attached hydrogen (secondary N) is 2. The van der Waals surface area contributed by atoms with E-state index in [1.807, 2.05) is 0 Å². The Hall–Kier alpha value is -2.94. The van der Waals surface area contributed by atoms with Crippen LogP contribution in [0.25, 0.3) is 0 Å². The number of alkyl halides is 3. The van der Waals surface area contributed by atoms with E-state index >= 15 is 0 Å². The molecule has 29 heavy (non-hydrogen) atoms. The molecule has 0 aromatic heterocycles. The van der Waals surface area contributed by atoms with Gasteiger partial charge in [0.05, 0.1) is 19.3 Å². The van der Waals surface area contributed by atoms with Gasteiger partial charge >= 0.3 is 6.18 Å². The van der Waals surface area contributed by atoms with Gasteiger partial charge in [-0.1, -0.05) is 6.07 Å². The third-order valence-electron chi connectivity index (χ3n) is 3.94. The number of carbonyl (C=O) groups is 1. The van der Waals surface area contributed by atoms with Crippen LogP contribution >= 0.6 is 0 Å². The quantitative estimate of drug-likeness (QED) is 0.605. The zero-order valence-corrected chi connectivity index (χ0v) is 16.3.